The number of hydrogen-bond donors (Lipinski definition) is 1. The summed E-state index contributed by atoms with van der Waals surface area (Å²) in [5.41, 5.74) is 1.90. The third kappa shape index (κ3) is 2.40. The molecular weight excluding hydrogens is 235 g/mol. The van der Waals surface area contributed by atoms with Crippen molar-refractivity contribution in [2.75, 3.05) is 0 Å². The normalized spacial score (nSPS) is 10.6. The highest BCUT2D eigenvalue weighted by Crippen LogP contribution is 2.24. The van der Waals surface area contributed by atoms with E-state index in [0.29, 0.717) is 23.4 Å². The van der Waals surface area contributed by atoms with E-state index >= 15 is 0 Å². The van der Waals surface area contributed by atoms with E-state index in [9.17, 15) is 9.18 Å². The number of carboxylic acid groups (broad SMARTS) is 1. The average molecular weight is 248 g/mol. The van der Waals surface area contributed by atoms with E-state index in [-0.39, 0.29) is 12.2 Å². The zero-order valence-corrected chi connectivity index (χ0v) is 9.93. The Bertz CT molecular complexity index is 578. The molecule has 0 aliphatic heterocycles. The minimum atomic E-state index is -0.927. The summed E-state index contributed by atoms with van der Waals surface area (Å²) in [7, 11) is 0. The maximum absolute atomic E-state index is 13.2. The summed E-state index contributed by atoms with van der Waals surface area (Å²) in [6, 6.07) is 6.08. The first kappa shape index (κ1) is 12.3. The van der Waals surface area contributed by atoms with Gasteiger partial charge in [-0.25, -0.2) is 4.39 Å². The number of nitrogens with zero attached hydrogens (tertiary/aromatic N) is 2. The number of hydrogen-bond acceptors (Lipinski definition) is 2. The van der Waals surface area contributed by atoms with Gasteiger partial charge in [-0.2, -0.15) is 5.10 Å². The number of aromatic nitrogens is 2. The van der Waals surface area contributed by atoms with Crippen LogP contribution in [0.1, 0.15) is 12.5 Å². The number of benzene rings is 1. The molecule has 2 rings (SSSR count). The van der Waals surface area contributed by atoms with Crippen LogP contribution in [0.4, 0.5) is 4.39 Å². The smallest absolute Gasteiger partial charge is 0.307 e. The molecule has 18 heavy (non-hydrogen) atoms. The van der Waals surface area contributed by atoms with Crippen LogP contribution in [-0.2, 0) is 17.8 Å². The van der Waals surface area contributed by atoms with Crippen molar-refractivity contribution in [1.29, 1.82) is 0 Å². The number of rotatable bonds is 4. The maximum atomic E-state index is 13.2. The van der Waals surface area contributed by atoms with Gasteiger partial charge in [-0.1, -0.05) is 12.1 Å². The molecule has 1 aromatic carbocycles. The van der Waals surface area contributed by atoms with Gasteiger partial charge >= 0.3 is 5.97 Å². The Morgan fingerprint density at radius 1 is 1.50 bits per heavy atom. The van der Waals surface area contributed by atoms with E-state index < -0.39 is 5.97 Å². The van der Waals surface area contributed by atoms with Crippen LogP contribution < -0.4 is 0 Å². The highest BCUT2D eigenvalue weighted by Gasteiger charge is 2.15. The lowest BCUT2D eigenvalue weighted by Gasteiger charge is -2.07. The predicted octanol–water partition coefficient (Wildman–Crippen LogP) is 2.34. The molecular formula is C13H13FN2O2. The lowest BCUT2D eigenvalue weighted by atomic mass is 10.1. The largest absolute Gasteiger partial charge is 0.481 e. The van der Waals surface area contributed by atoms with Crippen molar-refractivity contribution in [2.24, 2.45) is 0 Å². The molecule has 0 saturated heterocycles. The molecule has 0 saturated carbocycles. The lowest BCUT2D eigenvalue weighted by Crippen LogP contribution is -2.04. The van der Waals surface area contributed by atoms with Gasteiger partial charge in [0.1, 0.15) is 5.82 Å². The van der Waals surface area contributed by atoms with E-state index in [4.69, 9.17) is 5.11 Å². The summed E-state index contributed by atoms with van der Waals surface area (Å²) in [6.07, 6.45) is 1.41. The maximum Gasteiger partial charge on any atom is 0.307 e. The number of halogens is 1. The molecule has 0 fully saturated rings. The van der Waals surface area contributed by atoms with E-state index in [2.05, 4.69) is 5.10 Å². The monoisotopic (exact) mass is 248 g/mol. The van der Waals surface area contributed by atoms with Crippen LogP contribution in [0.25, 0.3) is 11.3 Å². The van der Waals surface area contributed by atoms with E-state index in [1.807, 2.05) is 6.92 Å². The molecule has 0 amide bonds. The third-order valence-corrected chi connectivity index (χ3v) is 2.65. The second kappa shape index (κ2) is 5.00. The van der Waals surface area contributed by atoms with Gasteiger partial charge < -0.3 is 5.11 Å². The van der Waals surface area contributed by atoms with Gasteiger partial charge in [0.15, 0.2) is 0 Å². The Labute approximate surface area is 104 Å². The molecule has 1 heterocycles. The van der Waals surface area contributed by atoms with Gasteiger partial charge in [0.25, 0.3) is 0 Å². The summed E-state index contributed by atoms with van der Waals surface area (Å²) in [5.74, 6) is -1.28. The summed E-state index contributed by atoms with van der Waals surface area (Å²) in [4.78, 5) is 10.8. The molecule has 0 unspecified atom stereocenters. The molecule has 0 radical (unpaired) electrons. The molecule has 5 heteroatoms. The van der Waals surface area contributed by atoms with Crippen molar-refractivity contribution < 1.29 is 14.3 Å². The molecule has 0 spiro atoms. The Morgan fingerprint density at radius 2 is 2.28 bits per heavy atom. The van der Waals surface area contributed by atoms with E-state index in [1.165, 1.54) is 18.3 Å². The van der Waals surface area contributed by atoms with Crippen LogP contribution in [-0.4, -0.2) is 20.9 Å². The first-order valence-electron chi connectivity index (χ1n) is 5.64. The fourth-order valence-electron chi connectivity index (χ4n) is 1.93. The molecule has 1 N–H and O–H groups in total. The van der Waals surface area contributed by atoms with Crippen molar-refractivity contribution >= 4 is 5.97 Å². The summed E-state index contributed by atoms with van der Waals surface area (Å²) in [5, 5.41) is 13.0. The minimum absolute atomic E-state index is 0.119. The standard InChI is InChI=1S/C13H13FN2O2/c1-2-16-13(9-4-3-5-11(14)6-9)10(8-15-16)7-12(17)18/h3-6,8H,2,7H2,1H3,(H,17,18). The van der Waals surface area contributed by atoms with Gasteiger partial charge in [-0.3, -0.25) is 9.48 Å². The first-order chi connectivity index (χ1) is 8.61. The Morgan fingerprint density at radius 3 is 2.89 bits per heavy atom. The second-order valence-corrected chi connectivity index (χ2v) is 3.92. The summed E-state index contributed by atoms with van der Waals surface area (Å²) in [6.45, 7) is 2.51. The number of aliphatic carboxylic acids is 1. The quantitative estimate of drug-likeness (QED) is 0.903. The molecule has 0 aliphatic carbocycles. The zero-order chi connectivity index (χ0) is 13.1. The predicted molar refractivity (Wildman–Crippen MR) is 64.6 cm³/mol. The summed E-state index contributed by atoms with van der Waals surface area (Å²) >= 11 is 0. The minimum Gasteiger partial charge on any atom is -0.481 e. The molecule has 0 aliphatic rings. The number of carbonyl (C=O) groups is 1. The van der Waals surface area contributed by atoms with E-state index in [1.54, 1.807) is 16.8 Å². The number of carboxylic acids is 1. The molecule has 1 aromatic heterocycles. The average Bonchev–Trinajstić information content (AvgIpc) is 2.71. The number of aryl methyl sites for hydroxylation is 1. The van der Waals surface area contributed by atoms with Crippen molar-refractivity contribution in [3.05, 3.63) is 41.8 Å². The lowest BCUT2D eigenvalue weighted by molar-refractivity contribution is -0.136. The fourth-order valence-corrected chi connectivity index (χ4v) is 1.93. The van der Waals surface area contributed by atoms with Gasteiger partial charge in [0.05, 0.1) is 18.3 Å². The topological polar surface area (TPSA) is 55.1 Å². The molecule has 0 atom stereocenters. The van der Waals surface area contributed by atoms with Gasteiger partial charge in [-0.05, 0) is 19.1 Å². The highest BCUT2D eigenvalue weighted by molar-refractivity contribution is 5.75. The van der Waals surface area contributed by atoms with Crippen LogP contribution in [0.2, 0.25) is 0 Å². The third-order valence-electron chi connectivity index (χ3n) is 2.65. The highest BCUT2D eigenvalue weighted by atomic mass is 19.1. The van der Waals surface area contributed by atoms with Gasteiger partial charge in [-0.15, -0.1) is 0 Å². The van der Waals surface area contributed by atoms with Crippen LogP contribution in [0.5, 0.6) is 0 Å². The van der Waals surface area contributed by atoms with Crippen molar-refractivity contribution in [3.63, 3.8) is 0 Å². The van der Waals surface area contributed by atoms with Crippen LogP contribution >= 0.6 is 0 Å². The Kier molecular flexibility index (Phi) is 3.41. The van der Waals surface area contributed by atoms with Crippen molar-refractivity contribution in [2.45, 2.75) is 19.9 Å². The van der Waals surface area contributed by atoms with Crippen molar-refractivity contribution in [1.82, 2.24) is 9.78 Å². The molecule has 4 nitrogen and oxygen atoms in total. The van der Waals surface area contributed by atoms with Crippen LogP contribution in [0.3, 0.4) is 0 Å². The van der Waals surface area contributed by atoms with Gasteiger partial charge in [0, 0.05) is 17.7 Å². The molecule has 94 valence electrons. The van der Waals surface area contributed by atoms with E-state index in [0.717, 1.165) is 0 Å². The first-order valence-corrected chi connectivity index (χ1v) is 5.64. The summed E-state index contributed by atoms with van der Waals surface area (Å²) < 4.78 is 14.9. The van der Waals surface area contributed by atoms with Crippen molar-refractivity contribution in [3.8, 4) is 11.3 Å². The molecule has 2 aromatic rings. The fraction of sp³-hybridized carbons (Fsp3) is 0.231. The van der Waals surface area contributed by atoms with Crippen LogP contribution in [0.15, 0.2) is 30.5 Å². The van der Waals surface area contributed by atoms with Gasteiger partial charge in [0.2, 0.25) is 0 Å². The second-order valence-electron chi connectivity index (χ2n) is 3.92. The Hall–Kier alpha value is -2.17. The Balaban J connectivity index is 2.53. The zero-order valence-electron chi connectivity index (χ0n) is 9.93. The van der Waals surface area contributed by atoms with Crippen LogP contribution in [0, 0.1) is 5.82 Å². The molecule has 0 bridgehead atoms. The SMILES string of the molecule is CCn1ncc(CC(=O)O)c1-c1cccc(F)c1.